The quantitative estimate of drug-likeness (QED) is 0.599. The summed E-state index contributed by atoms with van der Waals surface area (Å²) in [6, 6.07) is 14.3. The van der Waals surface area contributed by atoms with Crippen LogP contribution in [-0.4, -0.2) is 20.5 Å². The molecule has 0 bridgehead atoms. The van der Waals surface area contributed by atoms with E-state index in [0.717, 1.165) is 40.8 Å². The van der Waals surface area contributed by atoms with E-state index in [-0.39, 0.29) is 17.6 Å². The van der Waals surface area contributed by atoms with Gasteiger partial charge in [0.1, 0.15) is 11.9 Å². The summed E-state index contributed by atoms with van der Waals surface area (Å²) < 4.78 is 15.0. The van der Waals surface area contributed by atoms with Gasteiger partial charge in [0.05, 0.1) is 0 Å². The Kier molecular flexibility index (Phi) is 4.90. The van der Waals surface area contributed by atoms with E-state index in [1.54, 1.807) is 12.1 Å². The third-order valence-electron chi connectivity index (χ3n) is 5.61. The average molecular weight is 421 g/mol. The van der Waals surface area contributed by atoms with Crippen LogP contribution < -0.4 is 5.32 Å². The first-order chi connectivity index (χ1) is 14.6. The summed E-state index contributed by atoms with van der Waals surface area (Å²) in [6.45, 7) is 2.06. The van der Waals surface area contributed by atoms with Crippen molar-refractivity contribution in [3.05, 3.63) is 82.3 Å². The van der Waals surface area contributed by atoms with E-state index in [9.17, 15) is 9.18 Å². The molecule has 2 heterocycles. The number of hydrogen-bond donors (Lipinski definition) is 1. The Morgan fingerprint density at radius 3 is 2.77 bits per heavy atom. The Hall–Kier alpha value is -2.93. The molecule has 7 heteroatoms. The maximum atomic E-state index is 13.1. The molecule has 0 unspecified atom stereocenters. The van der Waals surface area contributed by atoms with Crippen molar-refractivity contribution in [3.8, 4) is 0 Å². The van der Waals surface area contributed by atoms with Crippen LogP contribution in [0.2, 0.25) is 0 Å². The SMILES string of the molecule is Cc1ccccc1[C@H]1C2=C(CCCC2=O)Nc2nc(SCc3ccc(F)cc3)nn21. The van der Waals surface area contributed by atoms with Crippen molar-refractivity contribution < 1.29 is 9.18 Å². The van der Waals surface area contributed by atoms with Gasteiger partial charge < -0.3 is 5.32 Å². The minimum Gasteiger partial charge on any atom is -0.328 e. The van der Waals surface area contributed by atoms with Crippen LogP contribution in [0.3, 0.4) is 0 Å². The van der Waals surface area contributed by atoms with Gasteiger partial charge in [0.2, 0.25) is 11.1 Å². The predicted molar refractivity (Wildman–Crippen MR) is 115 cm³/mol. The van der Waals surface area contributed by atoms with Gasteiger partial charge in [-0.1, -0.05) is 48.2 Å². The molecule has 152 valence electrons. The topological polar surface area (TPSA) is 59.8 Å². The normalized spacial score (nSPS) is 18.1. The summed E-state index contributed by atoms with van der Waals surface area (Å²) in [7, 11) is 0. The van der Waals surface area contributed by atoms with Crippen LogP contribution in [0.1, 0.15) is 42.0 Å². The van der Waals surface area contributed by atoms with Crippen molar-refractivity contribution in [1.82, 2.24) is 14.8 Å². The first-order valence-electron chi connectivity index (χ1n) is 10.0. The molecule has 0 radical (unpaired) electrons. The molecule has 1 aromatic heterocycles. The summed E-state index contributed by atoms with van der Waals surface area (Å²) in [6.07, 6.45) is 2.26. The fourth-order valence-electron chi connectivity index (χ4n) is 4.11. The third kappa shape index (κ3) is 3.43. The number of nitrogens with zero attached hydrogens (tertiary/aromatic N) is 3. The highest BCUT2D eigenvalue weighted by Crippen LogP contribution is 2.41. The molecule has 1 aliphatic carbocycles. The monoisotopic (exact) mass is 420 g/mol. The van der Waals surface area contributed by atoms with Crippen LogP contribution >= 0.6 is 11.8 Å². The number of rotatable bonds is 4. The second kappa shape index (κ2) is 7.72. The van der Waals surface area contributed by atoms with Gasteiger partial charge in [-0.25, -0.2) is 9.07 Å². The fourth-order valence-corrected chi connectivity index (χ4v) is 4.89. The van der Waals surface area contributed by atoms with Gasteiger partial charge in [0.25, 0.3) is 0 Å². The molecule has 3 aromatic rings. The highest BCUT2D eigenvalue weighted by Gasteiger charge is 2.37. The number of halogens is 1. The number of aryl methyl sites for hydroxylation is 1. The van der Waals surface area contributed by atoms with Crippen LogP contribution in [0.25, 0.3) is 0 Å². The molecule has 0 fully saturated rings. The molecule has 0 amide bonds. The second-order valence-electron chi connectivity index (χ2n) is 7.63. The lowest BCUT2D eigenvalue weighted by molar-refractivity contribution is -0.116. The van der Waals surface area contributed by atoms with Crippen molar-refractivity contribution in [1.29, 1.82) is 0 Å². The van der Waals surface area contributed by atoms with Crippen molar-refractivity contribution in [2.75, 3.05) is 5.32 Å². The maximum absolute atomic E-state index is 13.1. The summed E-state index contributed by atoms with van der Waals surface area (Å²) in [5.41, 5.74) is 4.97. The number of nitrogens with one attached hydrogen (secondary N) is 1. The highest BCUT2D eigenvalue weighted by molar-refractivity contribution is 7.98. The summed E-state index contributed by atoms with van der Waals surface area (Å²) in [4.78, 5) is 17.6. The molecule has 1 N–H and O–H groups in total. The number of benzene rings is 2. The first kappa shape index (κ1) is 19.1. The molecule has 0 saturated carbocycles. The number of carbonyl (C=O) groups excluding carboxylic acids is 1. The molecule has 30 heavy (non-hydrogen) atoms. The largest absolute Gasteiger partial charge is 0.328 e. The van der Waals surface area contributed by atoms with Crippen molar-refractivity contribution in [3.63, 3.8) is 0 Å². The Morgan fingerprint density at radius 1 is 1.17 bits per heavy atom. The summed E-state index contributed by atoms with van der Waals surface area (Å²) in [5, 5.41) is 8.75. The number of Topliss-reactive ketones (excluding diaryl/α,β-unsaturated/α-hetero) is 1. The van der Waals surface area contributed by atoms with E-state index in [4.69, 9.17) is 5.10 Å². The van der Waals surface area contributed by atoms with Gasteiger partial charge in [-0.15, -0.1) is 5.10 Å². The molecular weight excluding hydrogens is 399 g/mol. The molecular formula is C23H21FN4OS. The third-order valence-corrected chi connectivity index (χ3v) is 6.52. The van der Waals surface area contributed by atoms with Gasteiger partial charge in [-0.2, -0.15) is 4.98 Å². The van der Waals surface area contributed by atoms with Crippen LogP contribution in [0.5, 0.6) is 0 Å². The van der Waals surface area contributed by atoms with Crippen LogP contribution in [0.15, 0.2) is 65.0 Å². The average Bonchev–Trinajstić information content (AvgIpc) is 3.15. The zero-order valence-electron chi connectivity index (χ0n) is 16.6. The Morgan fingerprint density at radius 2 is 1.97 bits per heavy atom. The van der Waals surface area contributed by atoms with Crippen LogP contribution in [0, 0.1) is 12.7 Å². The standard InChI is InChI=1S/C23H21FN4OS/c1-14-5-2-3-6-17(14)21-20-18(7-4-8-19(20)29)25-22-26-23(27-28(21)22)30-13-15-9-11-16(24)12-10-15/h2-3,5-6,9-12,21H,4,7-8,13H2,1H3,(H,25,26,27)/t21-/m0/s1. The van der Waals surface area contributed by atoms with Crippen molar-refractivity contribution in [2.24, 2.45) is 0 Å². The number of fused-ring (bicyclic) bond motifs is 1. The zero-order chi connectivity index (χ0) is 20.7. The highest BCUT2D eigenvalue weighted by atomic mass is 32.2. The van der Waals surface area contributed by atoms with Crippen molar-refractivity contribution in [2.45, 2.75) is 43.1 Å². The van der Waals surface area contributed by atoms with E-state index in [1.165, 1.54) is 23.9 Å². The fraction of sp³-hybridized carbons (Fsp3) is 0.261. The number of ketones is 1. The van der Waals surface area contributed by atoms with Gasteiger partial charge in [-0.05, 0) is 48.6 Å². The predicted octanol–water partition coefficient (Wildman–Crippen LogP) is 5.04. The van der Waals surface area contributed by atoms with E-state index in [2.05, 4.69) is 29.4 Å². The van der Waals surface area contributed by atoms with E-state index >= 15 is 0 Å². The lowest BCUT2D eigenvalue weighted by Gasteiger charge is -2.32. The number of carbonyl (C=O) groups is 1. The zero-order valence-corrected chi connectivity index (χ0v) is 17.4. The molecule has 2 aliphatic rings. The lowest BCUT2D eigenvalue weighted by atomic mass is 9.84. The molecule has 0 saturated heterocycles. The number of hydrogen-bond acceptors (Lipinski definition) is 5. The maximum Gasteiger partial charge on any atom is 0.227 e. The van der Waals surface area contributed by atoms with Crippen molar-refractivity contribution >= 4 is 23.5 Å². The molecule has 1 aliphatic heterocycles. The van der Waals surface area contributed by atoms with E-state index in [1.807, 2.05) is 16.8 Å². The number of thioether (sulfide) groups is 1. The van der Waals surface area contributed by atoms with Crippen LogP contribution in [0.4, 0.5) is 10.3 Å². The van der Waals surface area contributed by atoms with Crippen LogP contribution in [-0.2, 0) is 10.5 Å². The molecule has 1 atom stereocenters. The van der Waals surface area contributed by atoms with E-state index < -0.39 is 0 Å². The molecule has 2 aromatic carbocycles. The first-order valence-corrected chi connectivity index (χ1v) is 11.0. The van der Waals surface area contributed by atoms with Gasteiger partial charge in [0, 0.05) is 23.4 Å². The summed E-state index contributed by atoms with van der Waals surface area (Å²) in [5.74, 6) is 1.24. The van der Waals surface area contributed by atoms with Gasteiger partial charge in [0.15, 0.2) is 5.78 Å². The van der Waals surface area contributed by atoms with Gasteiger partial charge >= 0.3 is 0 Å². The Balaban J connectivity index is 1.51. The van der Waals surface area contributed by atoms with Gasteiger partial charge in [-0.3, -0.25) is 4.79 Å². The molecule has 0 spiro atoms. The molecule has 5 rings (SSSR count). The minimum absolute atomic E-state index is 0.179. The minimum atomic E-state index is -0.266. The molecule has 5 nitrogen and oxygen atoms in total. The Bertz CT molecular complexity index is 1150. The van der Waals surface area contributed by atoms with E-state index in [0.29, 0.717) is 23.3 Å². The number of allylic oxidation sites excluding steroid dienone is 2. The Labute approximate surface area is 178 Å². The lowest BCUT2D eigenvalue weighted by Crippen LogP contribution is -2.31. The summed E-state index contributed by atoms with van der Waals surface area (Å²) >= 11 is 1.50. The number of anilines is 1. The number of aromatic nitrogens is 3. The smallest absolute Gasteiger partial charge is 0.227 e. The second-order valence-corrected chi connectivity index (χ2v) is 8.57.